The second-order valence-corrected chi connectivity index (χ2v) is 5.66. The molecule has 1 aliphatic carbocycles. The van der Waals surface area contributed by atoms with E-state index >= 15 is 0 Å². The summed E-state index contributed by atoms with van der Waals surface area (Å²) in [5, 5.41) is 3.39. The van der Waals surface area contributed by atoms with Gasteiger partial charge in [-0.25, -0.2) is 0 Å². The highest BCUT2D eigenvalue weighted by atomic mass is 14.9. The van der Waals surface area contributed by atoms with Crippen molar-refractivity contribution in [3.8, 4) is 12.3 Å². The molecule has 0 aromatic carbocycles. The van der Waals surface area contributed by atoms with Gasteiger partial charge in [0.1, 0.15) is 0 Å². The van der Waals surface area contributed by atoms with Crippen molar-refractivity contribution in [3.63, 3.8) is 0 Å². The molecule has 3 N–H and O–H groups in total. The predicted octanol–water partition coefficient (Wildman–Crippen LogP) is 3.22. The average molecular weight is 280 g/mol. The summed E-state index contributed by atoms with van der Waals surface area (Å²) < 4.78 is 0. The SMILES string of the molecule is C#CC1=CC=CC(CC)/C(=C2/CC=C(C)CNC2=C)C1N. The summed E-state index contributed by atoms with van der Waals surface area (Å²) in [5.41, 5.74) is 12.0. The third-order valence-electron chi connectivity index (χ3n) is 4.24. The molecule has 0 aromatic rings. The van der Waals surface area contributed by atoms with Crippen molar-refractivity contribution >= 4 is 0 Å². The van der Waals surface area contributed by atoms with Gasteiger partial charge in [0.15, 0.2) is 0 Å². The zero-order valence-corrected chi connectivity index (χ0v) is 12.9. The van der Waals surface area contributed by atoms with Crippen LogP contribution in [0.15, 0.2) is 58.9 Å². The second-order valence-electron chi connectivity index (χ2n) is 5.66. The van der Waals surface area contributed by atoms with E-state index in [1.54, 1.807) is 0 Å². The molecule has 0 aromatic heterocycles. The Morgan fingerprint density at radius 3 is 2.95 bits per heavy atom. The van der Waals surface area contributed by atoms with Crippen LogP contribution in [0.1, 0.15) is 26.7 Å². The topological polar surface area (TPSA) is 38.0 Å². The van der Waals surface area contributed by atoms with Crippen LogP contribution in [0.3, 0.4) is 0 Å². The van der Waals surface area contributed by atoms with E-state index in [0.29, 0.717) is 5.92 Å². The van der Waals surface area contributed by atoms with E-state index < -0.39 is 0 Å². The molecule has 110 valence electrons. The van der Waals surface area contributed by atoms with Crippen LogP contribution in [0.5, 0.6) is 0 Å². The van der Waals surface area contributed by atoms with E-state index in [4.69, 9.17) is 12.2 Å². The van der Waals surface area contributed by atoms with Gasteiger partial charge in [-0.05, 0) is 37.0 Å². The first-order valence-corrected chi connectivity index (χ1v) is 7.50. The molecule has 0 saturated heterocycles. The Bertz CT molecular complexity index is 594. The standard InChI is InChI=1S/C19H24N2/c1-5-15-8-7-9-16(6-2)19(20)18(15)17-11-10-13(3)12-21-14(17)4/h2,7-10,15,19,21H,4-5,11-12,20H2,1,3H3/b18-17+. The van der Waals surface area contributed by atoms with Crippen molar-refractivity contribution in [2.45, 2.75) is 32.7 Å². The number of allylic oxidation sites excluding steroid dienone is 5. The maximum absolute atomic E-state index is 6.48. The Hall–Kier alpha value is -1.98. The number of hydrogen-bond acceptors (Lipinski definition) is 2. The molecular formula is C19H24N2. The number of hydrogen-bond donors (Lipinski definition) is 2. The van der Waals surface area contributed by atoms with E-state index in [-0.39, 0.29) is 6.04 Å². The van der Waals surface area contributed by atoms with Gasteiger partial charge in [-0.1, -0.05) is 43.2 Å². The number of terminal acetylenes is 1. The van der Waals surface area contributed by atoms with Gasteiger partial charge < -0.3 is 11.1 Å². The van der Waals surface area contributed by atoms with Crippen LogP contribution in [-0.2, 0) is 0 Å². The molecule has 1 aliphatic heterocycles. The molecule has 21 heavy (non-hydrogen) atoms. The van der Waals surface area contributed by atoms with Crippen molar-refractivity contribution in [2.75, 3.05) is 6.54 Å². The van der Waals surface area contributed by atoms with E-state index in [9.17, 15) is 0 Å². The van der Waals surface area contributed by atoms with Gasteiger partial charge in [0.25, 0.3) is 0 Å². The van der Waals surface area contributed by atoms with Gasteiger partial charge in [-0.3, -0.25) is 0 Å². The zero-order chi connectivity index (χ0) is 15.4. The lowest BCUT2D eigenvalue weighted by atomic mass is 9.83. The number of nitrogens with one attached hydrogen (secondary N) is 1. The van der Waals surface area contributed by atoms with Gasteiger partial charge in [-0.2, -0.15) is 0 Å². The summed E-state index contributed by atoms with van der Waals surface area (Å²) in [5.74, 6) is 3.04. The van der Waals surface area contributed by atoms with Gasteiger partial charge in [0, 0.05) is 23.7 Å². The van der Waals surface area contributed by atoms with Crippen molar-refractivity contribution in [1.82, 2.24) is 5.32 Å². The third kappa shape index (κ3) is 3.20. The zero-order valence-electron chi connectivity index (χ0n) is 12.9. The molecule has 2 heteroatoms. The van der Waals surface area contributed by atoms with Crippen LogP contribution in [0, 0.1) is 18.3 Å². The summed E-state index contributed by atoms with van der Waals surface area (Å²) in [4.78, 5) is 0. The molecule has 0 fully saturated rings. The van der Waals surface area contributed by atoms with Gasteiger partial charge in [0.2, 0.25) is 0 Å². The fraction of sp³-hybridized carbons (Fsp3) is 0.368. The summed E-state index contributed by atoms with van der Waals surface area (Å²) in [7, 11) is 0. The molecule has 2 aliphatic rings. The maximum Gasteiger partial charge on any atom is 0.0603 e. The highest BCUT2D eigenvalue weighted by Crippen LogP contribution is 2.33. The molecule has 1 heterocycles. The van der Waals surface area contributed by atoms with E-state index in [1.165, 1.54) is 16.7 Å². The highest BCUT2D eigenvalue weighted by Gasteiger charge is 2.26. The Balaban J connectivity index is 2.56. The minimum atomic E-state index is -0.227. The third-order valence-corrected chi connectivity index (χ3v) is 4.24. The van der Waals surface area contributed by atoms with Crippen molar-refractivity contribution < 1.29 is 0 Å². The first-order chi connectivity index (χ1) is 10.1. The molecule has 0 saturated carbocycles. The van der Waals surface area contributed by atoms with E-state index in [0.717, 1.165) is 30.7 Å². The molecule has 0 bridgehead atoms. The van der Waals surface area contributed by atoms with Crippen molar-refractivity contribution in [1.29, 1.82) is 0 Å². The highest BCUT2D eigenvalue weighted by molar-refractivity contribution is 5.50. The average Bonchev–Trinajstić information content (AvgIpc) is 2.74. The second kappa shape index (κ2) is 6.65. The quantitative estimate of drug-likeness (QED) is 0.572. The monoisotopic (exact) mass is 280 g/mol. The molecule has 0 spiro atoms. The molecule has 0 radical (unpaired) electrons. The lowest BCUT2D eigenvalue weighted by molar-refractivity contribution is 0.661. The van der Waals surface area contributed by atoms with Crippen LogP contribution in [0.2, 0.25) is 0 Å². The first kappa shape index (κ1) is 15.4. The van der Waals surface area contributed by atoms with Crippen LogP contribution in [-0.4, -0.2) is 12.6 Å². The minimum absolute atomic E-state index is 0.227. The van der Waals surface area contributed by atoms with E-state index in [1.807, 2.05) is 12.2 Å². The maximum atomic E-state index is 6.48. The fourth-order valence-corrected chi connectivity index (χ4v) is 2.92. The lowest BCUT2D eigenvalue weighted by Gasteiger charge is -2.25. The predicted molar refractivity (Wildman–Crippen MR) is 90.4 cm³/mol. The molecule has 2 atom stereocenters. The number of rotatable bonds is 1. The Morgan fingerprint density at radius 2 is 2.29 bits per heavy atom. The number of nitrogens with two attached hydrogens (primary N) is 1. The molecule has 2 rings (SSSR count). The van der Waals surface area contributed by atoms with Crippen LogP contribution >= 0.6 is 0 Å². The summed E-state index contributed by atoms with van der Waals surface area (Å²) >= 11 is 0. The Labute approximate surface area is 128 Å². The van der Waals surface area contributed by atoms with Crippen LogP contribution in [0.25, 0.3) is 0 Å². The van der Waals surface area contributed by atoms with Gasteiger partial charge in [-0.15, -0.1) is 6.42 Å². The van der Waals surface area contributed by atoms with Crippen molar-refractivity contribution in [2.24, 2.45) is 11.7 Å². The smallest absolute Gasteiger partial charge is 0.0603 e. The van der Waals surface area contributed by atoms with Crippen LogP contribution < -0.4 is 11.1 Å². The van der Waals surface area contributed by atoms with Crippen LogP contribution in [0.4, 0.5) is 0 Å². The normalized spacial score (nSPS) is 29.7. The Morgan fingerprint density at radius 1 is 1.52 bits per heavy atom. The summed E-state index contributed by atoms with van der Waals surface area (Å²) in [6.45, 7) is 9.35. The van der Waals surface area contributed by atoms with Crippen molar-refractivity contribution in [3.05, 3.63) is 58.9 Å². The minimum Gasteiger partial charge on any atom is -0.382 e. The molecule has 2 unspecified atom stereocenters. The molecule has 0 amide bonds. The fourth-order valence-electron chi connectivity index (χ4n) is 2.92. The van der Waals surface area contributed by atoms with E-state index in [2.05, 4.69) is 43.8 Å². The summed E-state index contributed by atoms with van der Waals surface area (Å²) in [6.07, 6.45) is 15.9. The largest absolute Gasteiger partial charge is 0.382 e. The summed E-state index contributed by atoms with van der Waals surface area (Å²) in [6, 6.07) is -0.227. The molecule has 2 nitrogen and oxygen atoms in total. The molecular weight excluding hydrogens is 256 g/mol. The lowest BCUT2D eigenvalue weighted by Crippen LogP contribution is -2.30. The first-order valence-electron chi connectivity index (χ1n) is 7.50. The van der Waals surface area contributed by atoms with Gasteiger partial charge >= 0.3 is 0 Å². The Kier molecular flexibility index (Phi) is 4.88. The van der Waals surface area contributed by atoms with Gasteiger partial charge in [0.05, 0.1) is 6.04 Å².